The zero-order chi connectivity index (χ0) is 10.9. The third-order valence-corrected chi connectivity index (χ3v) is 9.12. The summed E-state index contributed by atoms with van der Waals surface area (Å²) in [5.74, 6) is 0.151. The van der Waals surface area contributed by atoms with E-state index in [-0.39, 0.29) is 11.5 Å². The van der Waals surface area contributed by atoms with Crippen LogP contribution in [0.5, 0.6) is 0 Å². The van der Waals surface area contributed by atoms with Gasteiger partial charge in [-0.15, -0.1) is 66.5 Å². The minimum atomic E-state index is -2.66. The van der Waals surface area contributed by atoms with Gasteiger partial charge in [0.05, 0.1) is 0 Å². The van der Waals surface area contributed by atoms with E-state index in [4.69, 9.17) is 66.5 Å². The van der Waals surface area contributed by atoms with E-state index in [0.29, 0.717) is 6.04 Å². The molecule has 0 aliphatic rings. The minimum Gasteiger partial charge on any atom is -0.126 e. The minimum absolute atomic E-state index is 0.0145. The summed E-state index contributed by atoms with van der Waals surface area (Å²) in [7, 11) is 0. The molecule has 0 rings (SSSR count). The van der Waals surface area contributed by atoms with Crippen molar-refractivity contribution in [2.24, 2.45) is 5.92 Å². The molecule has 0 radical (unpaired) electrons. The SMILES string of the molecule is CC(C[Si](Cl)(Cl)Cl)C(C)[Si](Cl)(Cl)Cl. The first-order valence-corrected chi connectivity index (χ1v) is 14.0. The second-order valence-electron chi connectivity index (χ2n) is 3.13. The zero-order valence-electron chi connectivity index (χ0n) is 7.13. The summed E-state index contributed by atoms with van der Waals surface area (Å²) in [6, 6.07) is -4.72. The number of halogens is 6. The Labute approximate surface area is 109 Å². The fourth-order valence-electron chi connectivity index (χ4n) is 0.864. The topological polar surface area (TPSA) is 0 Å². The normalized spacial score (nSPS) is 18.5. The molecule has 0 bridgehead atoms. The second-order valence-corrected chi connectivity index (χ2v) is 21.4. The zero-order valence-corrected chi connectivity index (χ0v) is 13.7. The van der Waals surface area contributed by atoms with Crippen molar-refractivity contribution in [3.63, 3.8) is 0 Å². The predicted molar refractivity (Wildman–Crippen MR) is 70.0 cm³/mol. The Bertz CT molecular complexity index is 161. The molecular weight excluding hydrogens is 329 g/mol. The summed E-state index contributed by atoms with van der Waals surface area (Å²) in [5, 5.41) is 0. The van der Waals surface area contributed by atoms with Crippen LogP contribution in [0.1, 0.15) is 13.8 Å². The average Bonchev–Trinajstić information content (AvgIpc) is 1.79. The average molecular weight is 339 g/mol. The van der Waals surface area contributed by atoms with Gasteiger partial charge in [0.1, 0.15) is 0 Å². The maximum Gasteiger partial charge on any atom is 0.344 e. The van der Waals surface area contributed by atoms with E-state index >= 15 is 0 Å². The van der Waals surface area contributed by atoms with Crippen LogP contribution in [0.15, 0.2) is 0 Å². The molecule has 0 aromatic heterocycles. The van der Waals surface area contributed by atoms with E-state index < -0.39 is 12.0 Å². The summed E-state index contributed by atoms with van der Waals surface area (Å²) in [6.07, 6.45) is 0. The van der Waals surface area contributed by atoms with E-state index in [2.05, 4.69) is 0 Å². The largest absolute Gasteiger partial charge is 0.344 e. The highest BCUT2D eigenvalue weighted by atomic mass is 35.8. The Kier molecular flexibility index (Phi) is 6.40. The van der Waals surface area contributed by atoms with Crippen LogP contribution in [0.4, 0.5) is 0 Å². The lowest BCUT2D eigenvalue weighted by molar-refractivity contribution is 0.615. The van der Waals surface area contributed by atoms with Crippen molar-refractivity contribution in [1.82, 2.24) is 0 Å². The molecule has 0 fully saturated rings. The van der Waals surface area contributed by atoms with Gasteiger partial charge in [0, 0.05) is 0 Å². The van der Waals surface area contributed by atoms with Gasteiger partial charge in [0.15, 0.2) is 0 Å². The smallest absolute Gasteiger partial charge is 0.126 e. The van der Waals surface area contributed by atoms with Gasteiger partial charge in [-0.2, -0.15) is 0 Å². The second kappa shape index (κ2) is 5.49. The summed E-state index contributed by atoms with van der Waals surface area (Å²) in [4.78, 5) is 0. The van der Waals surface area contributed by atoms with Gasteiger partial charge in [-0.25, -0.2) is 0 Å². The standard InChI is InChI=1S/C5H10Cl6Si2/c1-4(3-12(6,7)8)5(2)13(9,10)11/h4-5H,3H2,1-2H3. The molecule has 0 aromatic rings. The van der Waals surface area contributed by atoms with Gasteiger partial charge in [0.2, 0.25) is 0 Å². The molecule has 0 aromatic carbocycles. The quantitative estimate of drug-likeness (QED) is 0.480. The monoisotopic (exact) mass is 336 g/mol. The molecule has 0 amide bonds. The van der Waals surface area contributed by atoms with Crippen molar-refractivity contribution in [2.45, 2.75) is 25.4 Å². The maximum absolute atomic E-state index is 5.86. The van der Waals surface area contributed by atoms with E-state index in [9.17, 15) is 0 Å². The van der Waals surface area contributed by atoms with Crippen LogP contribution in [0.25, 0.3) is 0 Å². The molecule has 0 nitrogen and oxygen atoms in total. The van der Waals surface area contributed by atoms with Crippen LogP contribution in [0.3, 0.4) is 0 Å². The summed E-state index contributed by atoms with van der Waals surface area (Å²) in [5.41, 5.74) is 0.0145. The van der Waals surface area contributed by atoms with Crippen molar-refractivity contribution < 1.29 is 0 Å². The lowest BCUT2D eigenvalue weighted by atomic mass is 10.1. The number of hydrogen-bond donors (Lipinski definition) is 0. The molecule has 0 aliphatic carbocycles. The summed E-state index contributed by atoms with van der Waals surface area (Å²) >= 11 is 34.9. The molecule has 0 spiro atoms. The van der Waals surface area contributed by atoms with Gasteiger partial charge in [-0.1, -0.05) is 13.8 Å². The first kappa shape index (κ1) is 15.2. The van der Waals surface area contributed by atoms with Crippen LogP contribution in [0, 0.1) is 5.92 Å². The third kappa shape index (κ3) is 7.12. The van der Waals surface area contributed by atoms with Gasteiger partial charge < -0.3 is 0 Å². The van der Waals surface area contributed by atoms with Crippen LogP contribution in [0.2, 0.25) is 11.6 Å². The predicted octanol–water partition coefficient (Wildman–Crippen LogP) is 5.32. The molecule has 0 aliphatic heterocycles. The molecule has 2 atom stereocenters. The lowest BCUT2D eigenvalue weighted by Crippen LogP contribution is -2.26. The highest BCUT2D eigenvalue weighted by Gasteiger charge is 2.40. The van der Waals surface area contributed by atoms with Gasteiger partial charge in [-0.05, 0) is 17.5 Å². The molecular formula is C5H10Cl6Si2. The van der Waals surface area contributed by atoms with Gasteiger partial charge in [-0.3, -0.25) is 0 Å². The highest BCUT2D eigenvalue weighted by Crippen LogP contribution is 2.43. The molecule has 13 heavy (non-hydrogen) atoms. The Hall–Kier alpha value is 2.17. The van der Waals surface area contributed by atoms with Crippen molar-refractivity contribution in [3.8, 4) is 0 Å². The van der Waals surface area contributed by atoms with E-state index in [1.165, 1.54) is 0 Å². The molecule has 0 heterocycles. The van der Waals surface area contributed by atoms with Gasteiger partial charge in [0.25, 0.3) is 0 Å². The van der Waals surface area contributed by atoms with Crippen molar-refractivity contribution in [1.29, 1.82) is 0 Å². The first-order chi connectivity index (χ1) is 5.54. The van der Waals surface area contributed by atoms with Crippen LogP contribution in [-0.4, -0.2) is 12.0 Å². The molecule has 8 heteroatoms. The van der Waals surface area contributed by atoms with Crippen LogP contribution < -0.4 is 0 Å². The molecule has 0 saturated carbocycles. The fourth-order valence-corrected chi connectivity index (χ4v) is 7.07. The molecule has 0 saturated heterocycles. The summed E-state index contributed by atoms with van der Waals surface area (Å²) in [6.45, 7) is 3.85. The number of hydrogen-bond acceptors (Lipinski definition) is 0. The Morgan fingerprint density at radius 3 is 1.54 bits per heavy atom. The maximum atomic E-state index is 5.86. The van der Waals surface area contributed by atoms with Gasteiger partial charge >= 0.3 is 12.0 Å². The lowest BCUT2D eigenvalue weighted by Gasteiger charge is -2.25. The van der Waals surface area contributed by atoms with E-state index in [1.54, 1.807) is 0 Å². The fraction of sp³-hybridized carbons (Fsp3) is 1.00. The Morgan fingerprint density at radius 1 is 0.923 bits per heavy atom. The van der Waals surface area contributed by atoms with Crippen molar-refractivity contribution >= 4 is 78.5 Å². The van der Waals surface area contributed by atoms with Crippen LogP contribution in [-0.2, 0) is 0 Å². The molecule has 2 unspecified atom stereocenters. The Balaban J connectivity index is 4.20. The van der Waals surface area contributed by atoms with Crippen LogP contribution >= 0.6 is 66.5 Å². The molecule has 80 valence electrons. The summed E-state index contributed by atoms with van der Waals surface area (Å²) < 4.78 is 0. The number of rotatable bonds is 4. The van der Waals surface area contributed by atoms with Crippen molar-refractivity contribution in [2.75, 3.05) is 0 Å². The third-order valence-electron chi connectivity index (χ3n) is 1.92. The van der Waals surface area contributed by atoms with Crippen molar-refractivity contribution in [3.05, 3.63) is 0 Å². The van der Waals surface area contributed by atoms with E-state index in [1.807, 2.05) is 13.8 Å². The Morgan fingerprint density at radius 2 is 1.31 bits per heavy atom. The molecule has 0 N–H and O–H groups in total. The highest BCUT2D eigenvalue weighted by molar-refractivity contribution is 7.66. The van der Waals surface area contributed by atoms with E-state index in [0.717, 1.165) is 0 Å². The first-order valence-electron chi connectivity index (χ1n) is 3.67.